The van der Waals surface area contributed by atoms with Gasteiger partial charge in [0, 0.05) is 4.90 Å². The molecule has 0 aliphatic carbocycles. The number of allylic oxidation sites excluding steroid dienone is 1. The Morgan fingerprint density at radius 2 is 2.00 bits per heavy atom. The second-order valence-electron chi connectivity index (χ2n) is 4.95. The molecule has 4 nitrogen and oxygen atoms in total. The summed E-state index contributed by atoms with van der Waals surface area (Å²) in [6, 6.07) is 13.3. The number of anilines is 1. The third-order valence-electron chi connectivity index (χ3n) is 3.29. The minimum absolute atomic E-state index is 0.0813. The minimum atomic E-state index is -0.212. The van der Waals surface area contributed by atoms with Gasteiger partial charge in [-0.3, -0.25) is 4.79 Å². The first-order chi connectivity index (χ1) is 11.7. The Kier molecular flexibility index (Phi) is 6.75. The summed E-state index contributed by atoms with van der Waals surface area (Å²) in [5.41, 5.74) is 1.80. The molecular formula is C19H21NO3S. The average molecular weight is 343 g/mol. The van der Waals surface area contributed by atoms with E-state index in [0.717, 1.165) is 16.1 Å². The van der Waals surface area contributed by atoms with Crippen molar-refractivity contribution in [3.05, 3.63) is 54.1 Å². The van der Waals surface area contributed by atoms with Crippen LogP contribution < -0.4 is 14.8 Å². The second kappa shape index (κ2) is 9.03. The van der Waals surface area contributed by atoms with Gasteiger partial charge in [-0.15, -0.1) is 11.8 Å². The maximum Gasteiger partial charge on any atom is 0.262 e. The molecule has 0 saturated carbocycles. The molecule has 24 heavy (non-hydrogen) atoms. The first kappa shape index (κ1) is 17.9. The van der Waals surface area contributed by atoms with Crippen LogP contribution in [0.3, 0.4) is 0 Å². The first-order valence-electron chi connectivity index (χ1n) is 7.54. The van der Waals surface area contributed by atoms with E-state index in [2.05, 4.69) is 5.32 Å². The fourth-order valence-corrected chi connectivity index (χ4v) is 2.73. The maximum atomic E-state index is 12.1. The molecular weight excluding hydrogens is 322 g/mol. The summed E-state index contributed by atoms with van der Waals surface area (Å²) in [5.74, 6) is 0.929. The number of amides is 1. The largest absolute Gasteiger partial charge is 0.493 e. The lowest BCUT2D eigenvalue weighted by Crippen LogP contribution is -2.20. The molecule has 1 amide bonds. The lowest BCUT2D eigenvalue weighted by molar-refractivity contribution is -0.118. The molecule has 0 spiro atoms. The number of rotatable bonds is 7. The third-order valence-corrected chi connectivity index (χ3v) is 4.08. The molecule has 0 aliphatic heterocycles. The first-order valence-corrected chi connectivity index (χ1v) is 8.76. The van der Waals surface area contributed by atoms with Gasteiger partial charge < -0.3 is 14.8 Å². The van der Waals surface area contributed by atoms with Gasteiger partial charge in [0.05, 0.1) is 12.8 Å². The van der Waals surface area contributed by atoms with Crippen molar-refractivity contribution < 1.29 is 14.3 Å². The van der Waals surface area contributed by atoms with E-state index in [1.54, 1.807) is 24.9 Å². The summed E-state index contributed by atoms with van der Waals surface area (Å²) in [7, 11) is 1.58. The summed E-state index contributed by atoms with van der Waals surface area (Å²) < 4.78 is 10.9. The summed E-state index contributed by atoms with van der Waals surface area (Å²) in [4.78, 5) is 13.1. The molecule has 0 aromatic heterocycles. The summed E-state index contributed by atoms with van der Waals surface area (Å²) in [6.07, 6.45) is 5.89. The molecule has 1 N–H and O–H groups in total. The lowest BCUT2D eigenvalue weighted by Gasteiger charge is -2.12. The zero-order chi connectivity index (χ0) is 17.4. The Labute approximate surface area is 146 Å². The number of carbonyl (C=O) groups is 1. The van der Waals surface area contributed by atoms with Crippen LogP contribution in [-0.2, 0) is 4.79 Å². The van der Waals surface area contributed by atoms with Crippen LogP contribution in [0.15, 0.2) is 53.4 Å². The van der Waals surface area contributed by atoms with Crippen molar-refractivity contribution in [1.29, 1.82) is 0 Å². The molecule has 2 rings (SSSR count). The fraction of sp³-hybridized carbons (Fsp3) is 0.211. The Morgan fingerprint density at radius 1 is 1.21 bits per heavy atom. The van der Waals surface area contributed by atoms with Crippen molar-refractivity contribution >= 4 is 29.4 Å². The number of methoxy groups -OCH3 is 1. The number of nitrogens with one attached hydrogen (secondary N) is 1. The summed E-state index contributed by atoms with van der Waals surface area (Å²) >= 11 is 1.58. The van der Waals surface area contributed by atoms with Crippen LogP contribution in [-0.4, -0.2) is 25.9 Å². The van der Waals surface area contributed by atoms with Crippen LogP contribution in [0.5, 0.6) is 11.5 Å². The number of para-hydroxylation sites is 1. The number of thioether (sulfide) groups is 1. The maximum absolute atomic E-state index is 12.1. The number of hydrogen-bond acceptors (Lipinski definition) is 4. The molecule has 126 valence electrons. The lowest BCUT2D eigenvalue weighted by atomic mass is 10.2. The van der Waals surface area contributed by atoms with E-state index in [1.807, 2.05) is 61.7 Å². The predicted molar refractivity (Wildman–Crippen MR) is 100 cm³/mol. The highest BCUT2D eigenvalue weighted by molar-refractivity contribution is 7.98. The van der Waals surface area contributed by atoms with Crippen molar-refractivity contribution in [2.75, 3.05) is 25.3 Å². The Hall–Kier alpha value is -2.40. The predicted octanol–water partition coefficient (Wildman–Crippen LogP) is 4.47. The number of carbonyl (C=O) groups excluding carboxylic acids is 1. The quantitative estimate of drug-likeness (QED) is 0.754. The summed E-state index contributed by atoms with van der Waals surface area (Å²) in [6.45, 7) is 1.87. The molecule has 5 heteroatoms. The molecule has 0 aliphatic rings. The van der Waals surface area contributed by atoms with Crippen molar-refractivity contribution in [3.8, 4) is 11.5 Å². The van der Waals surface area contributed by atoms with Gasteiger partial charge in [0.25, 0.3) is 5.91 Å². The van der Waals surface area contributed by atoms with E-state index < -0.39 is 0 Å². The van der Waals surface area contributed by atoms with Gasteiger partial charge in [-0.1, -0.05) is 30.4 Å². The zero-order valence-electron chi connectivity index (χ0n) is 14.0. The molecule has 0 fully saturated rings. The highest BCUT2D eigenvalue weighted by Crippen LogP contribution is 2.29. The van der Waals surface area contributed by atoms with Crippen molar-refractivity contribution in [2.45, 2.75) is 11.8 Å². The van der Waals surface area contributed by atoms with Crippen LogP contribution in [0.25, 0.3) is 6.08 Å². The van der Waals surface area contributed by atoms with E-state index in [4.69, 9.17) is 9.47 Å². The van der Waals surface area contributed by atoms with Crippen molar-refractivity contribution in [3.63, 3.8) is 0 Å². The van der Waals surface area contributed by atoms with Gasteiger partial charge in [0.1, 0.15) is 0 Å². The van der Waals surface area contributed by atoms with Gasteiger partial charge in [0.15, 0.2) is 18.1 Å². The summed E-state index contributed by atoms with van der Waals surface area (Å²) in [5, 5.41) is 2.86. The molecule has 2 aromatic carbocycles. The van der Waals surface area contributed by atoms with Gasteiger partial charge in [-0.25, -0.2) is 0 Å². The average Bonchev–Trinajstić information content (AvgIpc) is 2.61. The van der Waals surface area contributed by atoms with E-state index in [0.29, 0.717) is 11.5 Å². The minimum Gasteiger partial charge on any atom is -0.493 e. The van der Waals surface area contributed by atoms with Gasteiger partial charge in [-0.05, 0) is 43.0 Å². The monoisotopic (exact) mass is 343 g/mol. The highest BCUT2D eigenvalue weighted by atomic mass is 32.2. The van der Waals surface area contributed by atoms with E-state index >= 15 is 0 Å². The van der Waals surface area contributed by atoms with E-state index in [1.165, 1.54) is 0 Å². The van der Waals surface area contributed by atoms with E-state index in [-0.39, 0.29) is 12.5 Å². The second-order valence-corrected chi connectivity index (χ2v) is 5.80. The molecule has 0 radical (unpaired) electrons. The Balaban J connectivity index is 2.01. The van der Waals surface area contributed by atoms with Gasteiger partial charge in [0.2, 0.25) is 0 Å². The molecule has 2 aromatic rings. The van der Waals surface area contributed by atoms with Crippen LogP contribution in [0.4, 0.5) is 5.69 Å². The molecule has 0 saturated heterocycles. The van der Waals surface area contributed by atoms with Crippen molar-refractivity contribution in [1.82, 2.24) is 0 Å². The fourth-order valence-electron chi connectivity index (χ4n) is 2.18. The van der Waals surface area contributed by atoms with Gasteiger partial charge >= 0.3 is 0 Å². The van der Waals surface area contributed by atoms with Crippen molar-refractivity contribution in [2.24, 2.45) is 0 Å². The molecule has 0 atom stereocenters. The number of hydrogen-bond donors (Lipinski definition) is 1. The van der Waals surface area contributed by atoms with Crippen LogP contribution >= 0.6 is 11.8 Å². The Bertz CT molecular complexity index is 728. The van der Waals surface area contributed by atoms with Crippen LogP contribution in [0.1, 0.15) is 12.5 Å². The zero-order valence-corrected chi connectivity index (χ0v) is 14.9. The number of ether oxygens (including phenoxy) is 2. The number of benzene rings is 2. The SMILES string of the molecule is C/C=C/c1ccc(OCC(=O)Nc2ccccc2SC)c(OC)c1. The molecule has 0 unspecified atom stereocenters. The van der Waals surface area contributed by atoms with Gasteiger partial charge in [-0.2, -0.15) is 0 Å². The van der Waals surface area contributed by atoms with Crippen LogP contribution in [0, 0.1) is 0 Å². The molecule has 0 bridgehead atoms. The topological polar surface area (TPSA) is 47.6 Å². The smallest absolute Gasteiger partial charge is 0.262 e. The van der Waals surface area contributed by atoms with E-state index in [9.17, 15) is 4.79 Å². The normalized spacial score (nSPS) is 10.6. The standard InChI is InChI=1S/C19H21NO3S/c1-4-7-14-10-11-16(17(12-14)22-2)23-13-19(21)20-15-8-5-6-9-18(15)24-3/h4-12H,13H2,1-3H3,(H,20,21)/b7-4+. The molecule has 0 heterocycles. The van der Waals surface area contributed by atoms with Crippen LogP contribution in [0.2, 0.25) is 0 Å². The highest BCUT2D eigenvalue weighted by Gasteiger charge is 2.10. The third kappa shape index (κ3) is 4.80. The Morgan fingerprint density at radius 3 is 2.71 bits per heavy atom.